The van der Waals surface area contributed by atoms with E-state index in [0.717, 1.165) is 17.3 Å². The highest BCUT2D eigenvalue weighted by atomic mass is 79.9. The standard InChI is InChI=1S/C19H21BrN2O4S/c1-22(13-17-3-2-12-26-17)27(24,25)18-10-4-14(5-11-18)19(23)21-16-8-6-15(20)7-9-16/h4-11,17H,2-3,12-13H2,1H3,(H,21,23). The minimum Gasteiger partial charge on any atom is -0.377 e. The van der Waals surface area contributed by atoms with Crippen molar-refractivity contribution in [1.29, 1.82) is 0 Å². The van der Waals surface area contributed by atoms with Gasteiger partial charge in [0, 0.05) is 35.9 Å². The van der Waals surface area contributed by atoms with Crippen LogP contribution in [0.3, 0.4) is 0 Å². The molecule has 1 aliphatic heterocycles. The average Bonchev–Trinajstić information content (AvgIpc) is 3.16. The fraction of sp³-hybridized carbons (Fsp3) is 0.316. The maximum atomic E-state index is 12.7. The molecule has 0 saturated carbocycles. The Hall–Kier alpha value is -1.74. The van der Waals surface area contributed by atoms with Gasteiger partial charge in [0.2, 0.25) is 10.0 Å². The van der Waals surface area contributed by atoms with Gasteiger partial charge in [-0.05, 0) is 61.4 Å². The molecule has 0 aliphatic carbocycles. The van der Waals surface area contributed by atoms with Gasteiger partial charge in [-0.15, -0.1) is 0 Å². The first kappa shape index (κ1) is 20.0. The van der Waals surface area contributed by atoms with Crippen LogP contribution in [-0.4, -0.2) is 44.9 Å². The van der Waals surface area contributed by atoms with Crippen molar-refractivity contribution in [1.82, 2.24) is 4.31 Å². The number of carbonyl (C=O) groups excluding carboxylic acids is 1. The highest BCUT2D eigenvalue weighted by molar-refractivity contribution is 9.10. The number of hydrogen-bond acceptors (Lipinski definition) is 4. The van der Waals surface area contributed by atoms with Gasteiger partial charge in [0.15, 0.2) is 0 Å². The molecular weight excluding hydrogens is 432 g/mol. The van der Waals surface area contributed by atoms with Gasteiger partial charge in [0.1, 0.15) is 0 Å². The van der Waals surface area contributed by atoms with E-state index in [-0.39, 0.29) is 16.9 Å². The zero-order valence-electron chi connectivity index (χ0n) is 14.9. The molecule has 0 aromatic heterocycles. The molecule has 0 spiro atoms. The van der Waals surface area contributed by atoms with Crippen molar-refractivity contribution in [3.63, 3.8) is 0 Å². The summed E-state index contributed by atoms with van der Waals surface area (Å²) < 4.78 is 33.1. The maximum Gasteiger partial charge on any atom is 0.255 e. The molecule has 144 valence electrons. The van der Waals surface area contributed by atoms with Crippen molar-refractivity contribution in [3.8, 4) is 0 Å². The first-order valence-corrected chi connectivity index (χ1v) is 10.8. The molecule has 0 bridgehead atoms. The molecule has 6 nitrogen and oxygen atoms in total. The lowest BCUT2D eigenvalue weighted by molar-refractivity contribution is 0.0979. The number of carbonyl (C=O) groups is 1. The second kappa shape index (κ2) is 8.52. The number of rotatable bonds is 6. The van der Waals surface area contributed by atoms with E-state index < -0.39 is 10.0 Å². The minimum absolute atomic E-state index is 0.0549. The number of amides is 1. The zero-order chi connectivity index (χ0) is 19.4. The molecule has 0 radical (unpaired) electrons. The molecule has 1 N–H and O–H groups in total. The summed E-state index contributed by atoms with van der Waals surface area (Å²) in [6, 6.07) is 13.2. The van der Waals surface area contributed by atoms with Crippen LogP contribution in [0.15, 0.2) is 57.9 Å². The Balaban J connectivity index is 1.68. The Morgan fingerprint density at radius 1 is 1.19 bits per heavy atom. The van der Waals surface area contributed by atoms with Crippen LogP contribution >= 0.6 is 15.9 Å². The van der Waals surface area contributed by atoms with Crippen LogP contribution in [0.2, 0.25) is 0 Å². The maximum absolute atomic E-state index is 12.7. The summed E-state index contributed by atoms with van der Waals surface area (Å²) in [5.74, 6) is -0.297. The third-order valence-corrected chi connectivity index (χ3v) is 6.78. The number of hydrogen-bond donors (Lipinski definition) is 1. The SMILES string of the molecule is CN(CC1CCCO1)S(=O)(=O)c1ccc(C(=O)Nc2ccc(Br)cc2)cc1. The number of likely N-dealkylation sites (N-methyl/N-ethyl adjacent to an activating group) is 1. The molecule has 1 amide bonds. The largest absolute Gasteiger partial charge is 0.377 e. The zero-order valence-corrected chi connectivity index (χ0v) is 17.3. The van der Waals surface area contributed by atoms with E-state index in [2.05, 4.69) is 21.2 Å². The lowest BCUT2D eigenvalue weighted by Gasteiger charge is -2.20. The molecule has 2 aromatic carbocycles. The summed E-state index contributed by atoms with van der Waals surface area (Å²) in [6.45, 7) is 1.01. The van der Waals surface area contributed by atoms with Crippen LogP contribution < -0.4 is 5.32 Å². The second-order valence-electron chi connectivity index (χ2n) is 6.41. The Bertz CT molecular complexity index is 892. The number of halogens is 1. The van der Waals surface area contributed by atoms with Crippen LogP contribution in [0.5, 0.6) is 0 Å². The van der Waals surface area contributed by atoms with Crippen LogP contribution in [0, 0.1) is 0 Å². The van der Waals surface area contributed by atoms with Gasteiger partial charge in [0.05, 0.1) is 11.0 Å². The molecule has 1 saturated heterocycles. The average molecular weight is 453 g/mol. The summed E-state index contributed by atoms with van der Waals surface area (Å²) in [5.41, 5.74) is 1.05. The second-order valence-corrected chi connectivity index (χ2v) is 9.37. The van der Waals surface area contributed by atoms with Crippen LogP contribution in [-0.2, 0) is 14.8 Å². The van der Waals surface area contributed by atoms with Crippen molar-refractivity contribution >= 4 is 37.5 Å². The Morgan fingerprint density at radius 2 is 1.85 bits per heavy atom. The van der Waals surface area contributed by atoms with Gasteiger partial charge in [-0.2, -0.15) is 4.31 Å². The van der Waals surface area contributed by atoms with Gasteiger partial charge in [-0.1, -0.05) is 15.9 Å². The fourth-order valence-corrected chi connectivity index (χ4v) is 4.33. The van der Waals surface area contributed by atoms with E-state index >= 15 is 0 Å². The normalized spacial score (nSPS) is 17.2. The van der Waals surface area contributed by atoms with Gasteiger partial charge < -0.3 is 10.1 Å². The number of ether oxygens (including phenoxy) is 1. The van der Waals surface area contributed by atoms with Crippen molar-refractivity contribution in [2.45, 2.75) is 23.8 Å². The smallest absolute Gasteiger partial charge is 0.255 e. The van der Waals surface area contributed by atoms with Gasteiger partial charge in [0.25, 0.3) is 5.91 Å². The van der Waals surface area contributed by atoms with E-state index in [1.54, 1.807) is 19.2 Å². The predicted octanol–water partition coefficient (Wildman–Crippen LogP) is 3.50. The molecule has 3 rings (SSSR count). The number of anilines is 1. The molecule has 8 heteroatoms. The topological polar surface area (TPSA) is 75.7 Å². The third kappa shape index (κ3) is 4.95. The Kier molecular flexibility index (Phi) is 6.31. The van der Waals surface area contributed by atoms with Crippen molar-refractivity contribution < 1.29 is 17.9 Å². The summed E-state index contributed by atoms with van der Waals surface area (Å²) in [7, 11) is -2.07. The molecule has 1 unspecified atom stereocenters. The predicted molar refractivity (Wildman–Crippen MR) is 107 cm³/mol. The van der Waals surface area contributed by atoms with Crippen molar-refractivity contribution in [2.75, 3.05) is 25.5 Å². The summed E-state index contributed by atoms with van der Waals surface area (Å²) in [4.78, 5) is 12.5. The quantitative estimate of drug-likeness (QED) is 0.727. The highest BCUT2D eigenvalue weighted by Gasteiger charge is 2.26. The van der Waals surface area contributed by atoms with Crippen molar-refractivity contribution in [2.24, 2.45) is 0 Å². The number of nitrogens with zero attached hydrogens (tertiary/aromatic N) is 1. The molecule has 1 atom stereocenters. The number of nitrogens with one attached hydrogen (secondary N) is 1. The van der Waals surface area contributed by atoms with Crippen LogP contribution in [0.4, 0.5) is 5.69 Å². The van der Waals surface area contributed by atoms with Gasteiger partial charge >= 0.3 is 0 Å². The Morgan fingerprint density at radius 3 is 2.44 bits per heavy atom. The fourth-order valence-electron chi connectivity index (χ4n) is 2.87. The highest BCUT2D eigenvalue weighted by Crippen LogP contribution is 2.20. The number of sulfonamides is 1. The molecule has 27 heavy (non-hydrogen) atoms. The molecular formula is C19H21BrN2O4S. The van der Waals surface area contributed by atoms with Crippen molar-refractivity contribution in [3.05, 3.63) is 58.6 Å². The molecule has 1 heterocycles. The van der Waals surface area contributed by atoms with E-state index in [1.165, 1.54) is 28.6 Å². The molecule has 1 aliphatic rings. The van der Waals surface area contributed by atoms with E-state index in [9.17, 15) is 13.2 Å². The van der Waals surface area contributed by atoms with Gasteiger partial charge in [-0.25, -0.2) is 8.42 Å². The van der Waals surface area contributed by atoms with E-state index in [1.807, 2.05) is 12.1 Å². The summed E-state index contributed by atoms with van der Waals surface area (Å²) in [5, 5.41) is 2.78. The number of benzene rings is 2. The van der Waals surface area contributed by atoms with E-state index in [4.69, 9.17) is 4.74 Å². The molecule has 2 aromatic rings. The minimum atomic E-state index is -3.62. The first-order valence-electron chi connectivity index (χ1n) is 8.61. The molecule has 1 fully saturated rings. The van der Waals surface area contributed by atoms with E-state index in [0.29, 0.717) is 24.4 Å². The van der Waals surface area contributed by atoms with Crippen LogP contribution in [0.1, 0.15) is 23.2 Å². The third-order valence-electron chi connectivity index (χ3n) is 4.41. The Labute approximate surface area is 167 Å². The summed E-state index contributed by atoms with van der Waals surface area (Å²) >= 11 is 3.34. The van der Waals surface area contributed by atoms with Gasteiger partial charge in [-0.3, -0.25) is 4.79 Å². The first-order chi connectivity index (χ1) is 12.9. The monoisotopic (exact) mass is 452 g/mol. The lowest BCUT2D eigenvalue weighted by Crippen LogP contribution is -2.34. The van der Waals surface area contributed by atoms with Crippen LogP contribution in [0.25, 0.3) is 0 Å². The lowest BCUT2D eigenvalue weighted by atomic mass is 10.2. The summed E-state index contributed by atoms with van der Waals surface area (Å²) in [6.07, 6.45) is 1.77.